The zero-order valence-electron chi connectivity index (χ0n) is 9.88. The van der Waals surface area contributed by atoms with Crippen molar-refractivity contribution in [2.45, 2.75) is 6.43 Å². The lowest BCUT2D eigenvalue weighted by Crippen LogP contribution is -2.14. The number of hydrogen-bond acceptors (Lipinski definition) is 4. The summed E-state index contributed by atoms with van der Waals surface area (Å²) in [5, 5.41) is 2.71. The maximum atomic E-state index is 13.4. The third-order valence-corrected chi connectivity index (χ3v) is 2.13. The maximum absolute atomic E-state index is 13.4. The fourth-order valence-corrected chi connectivity index (χ4v) is 1.31. The first kappa shape index (κ1) is 14.4. The molecule has 0 spiro atoms. The smallest absolute Gasteiger partial charge is 0.261 e. The van der Waals surface area contributed by atoms with Crippen molar-refractivity contribution >= 4 is 11.4 Å². The number of halogens is 3. The standard InChI is InChI=1S/C11H15F3N2O2/c1-17-10-5-9(7(12)4-8(10)15)16-2-3-18-6-11(13)14/h4-5,11,16H,2-3,6,15H2,1H3. The average molecular weight is 264 g/mol. The summed E-state index contributed by atoms with van der Waals surface area (Å²) in [6.45, 7) is -0.373. The van der Waals surface area contributed by atoms with Crippen molar-refractivity contribution in [1.82, 2.24) is 0 Å². The summed E-state index contributed by atoms with van der Waals surface area (Å²) in [6.07, 6.45) is -2.50. The predicted molar refractivity (Wildman–Crippen MR) is 62.7 cm³/mol. The van der Waals surface area contributed by atoms with Gasteiger partial charge in [0.2, 0.25) is 0 Å². The number of alkyl halides is 2. The van der Waals surface area contributed by atoms with Crippen LogP contribution in [0, 0.1) is 5.82 Å². The fourth-order valence-electron chi connectivity index (χ4n) is 1.31. The predicted octanol–water partition coefficient (Wildman–Crippen LogP) is 2.11. The molecule has 0 aliphatic heterocycles. The van der Waals surface area contributed by atoms with E-state index in [0.717, 1.165) is 6.07 Å². The molecule has 0 atom stereocenters. The molecule has 0 radical (unpaired) electrons. The Morgan fingerprint density at radius 3 is 2.72 bits per heavy atom. The van der Waals surface area contributed by atoms with Crippen LogP contribution in [0.3, 0.4) is 0 Å². The third-order valence-electron chi connectivity index (χ3n) is 2.13. The van der Waals surface area contributed by atoms with E-state index in [4.69, 9.17) is 10.5 Å². The molecule has 4 nitrogen and oxygen atoms in total. The number of nitrogens with two attached hydrogens (primary N) is 1. The second kappa shape index (κ2) is 6.95. The highest BCUT2D eigenvalue weighted by atomic mass is 19.3. The first-order chi connectivity index (χ1) is 8.54. The Labute approximate surface area is 103 Å². The van der Waals surface area contributed by atoms with Crippen LogP contribution >= 0.6 is 0 Å². The highest BCUT2D eigenvalue weighted by molar-refractivity contribution is 5.62. The largest absolute Gasteiger partial charge is 0.495 e. The number of ether oxygens (including phenoxy) is 2. The van der Waals surface area contributed by atoms with Crippen molar-refractivity contribution in [3.63, 3.8) is 0 Å². The molecule has 0 aliphatic rings. The van der Waals surface area contributed by atoms with Crippen LogP contribution in [0.5, 0.6) is 5.75 Å². The van der Waals surface area contributed by atoms with Crippen molar-refractivity contribution in [2.75, 3.05) is 37.9 Å². The van der Waals surface area contributed by atoms with E-state index in [1.54, 1.807) is 0 Å². The van der Waals surface area contributed by atoms with Crippen LogP contribution in [0.2, 0.25) is 0 Å². The number of benzene rings is 1. The van der Waals surface area contributed by atoms with Gasteiger partial charge in [-0.2, -0.15) is 0 Å². The minimum Gasteiger partial charge on any atom is -0.495 e. The Morgan fingerprint density at radius 1 is 1.39 bits per heavy atom. The lowest BCUT2D eigenvalue weighted by Gasteiger charge is -2.11. The van der Waals surface area contributed by atoms with Gasteiger partial charge >= 0.3 is 0 Å². The SMILES string of the molecule is COc1cc(NCCOCC(F)F)c(F)cc1N. The monoisotopic (exact) mass is 264 g/mol. The Morgan fingerprint density at radius 2 is 2.11 bits per heavy atom. The Bertz CT molecular complexity index is 389. The molecule has 0 saturated carbocycles. The zero-order valence-corrected chi connectivity index (χ0v) is 9.88. The number of anilines is 2. The highest BCUT2D eigenvalue weighted by Crippen LogP contribution is 2.27. The van der Waals surface area contributed by atoms with Gasteiger partial charge in [0.1, 0.15) is 18.2 Å². The molecule has 0 fully saturated rings. The summed E-state index contributed by atoms with van der Waals surface area (Å²) >= 11 is 0. The number of hydrogen-bond donors (Lipinski definition) is 2. The second-order valence-electron chi connectivity index (χ2n) is 3.47. The molecule has 0 bridgehead atoms. The molecule has 0 unspecified atom stereocenters. The van der Waals surface area contributed by atoms with Crippen molar-refractivity contribution in [2.24, 2.45) is 0 Å². The van der Waals surface area contributed by atoms with Crippen molar-refractivity contribution in [3.05, 3.63) is 17.9 Å². The summed E-state index contributed by atoms with van der Waals surface area (Å²) in [4.78, 5) is 0. The van der Waals surface area contributed by atoms with E-state index in [0.29, 0.717) is 5.75 Å². The average Bonchev–Trinajstić information content (AvgIpc) is 2.30. The van der Waals surface area contributed by atoms with Crippen LogP contribution in [0.4, 0.5) is 24.5 Å². The molecule has 0 aromatic heterocycles. The molecule has 0 amide bonds. The first-order valence-electron chi connectivity index (χ1n) is 5.27. The fraction of sp³-hybridized carbons (Fsp3) is 0.455. The minimum absolute atomic E-state index is 0.0521. The Balaban J connectivity index is 2.47. The first-order valence-corrected chi connectivity index (χ1v) is 5.27. The van der Waals surface area contributed by atoms with E-state index in [9.17, 15) is 13.2 Å². The lowest BCUT2D eigenvalue weighted by atomic mass is 10.2. The maximum Gasteiger partial charge on any atom is 0.261 e. The van der Waals surface area contributed by atoms with Crippen LogP contribution < -0.4 is 15.8 Å². The summed E-state index contributed by atoms with van der Waals surface area (Å²) < 4.78 is 46.5. The topological polar surface area (TPSA) is 56.5 Å². The molecule has 3 N–H and O–H groups in total. The van der Waals surface area contributed by atoms with Crippen LogP contribution in [-0.2, 0) is 4.74 Å². The molecular weight excluding hydrogens is 249 g/mol. The molecule has 1 rings (SSSR count). The molecule has 102 valence electrons. The van der Waals surface area contributed by atoms with E-state index in [1.807, 2.05) is 0 Å². The van der Waals surface area contributed by atoms with E-state index in [1.165, 1.54) is 13.2 Å². The van der Waals surface area contributed by atoms with Crippen LogP contribution in [-0.4, -0.2) is 33.3 Å². The molecular formula is C11H15F3N2O2. The number of rotatable bonds is 7. The number of methoxy groups -OCH3 is 1. The quantitative estimate of drug-likeness (QED) is 0.585. The van der Waals surface area contributed by atoms with Gasteiger partial charge in [-0.05, 0) is 0 Å². The van der Waals surface area contributed by atoms with Gasteiger partial charge < -0.3 is 20.5 Å². The number of nitrogens with one attached hydrogen (secondary N) is 1. The van der Waals surface area contributed by atoms with Gasteiger partial charge in [0, 0.05) is 18.7 Å². The number of nitrogen functional groups attached to an aromatic ring is 1. The lowest BCUT2D eigenvalue weighted by molar-refractivity contribution is 0.0215. The third kappa shape index (κ3) is 4.33. The van der Waals surface area contributed by atoms with Crippen molar-refractivity contribution in [3.8, 4) is 5.75 Å². The van der Waals surface area contributed by atoms with Gasteiger partial charge in [-0.15, -0.1) is 0 Å². The summed E-state index contributed by atoms with van der Waals surface area (Å²) in [5.74, 6) is -0.199. The molecule has 7 heteroatoms. The van der Waals surface area contributed by atoms with Crippen LogP contribution in [0.15, 0.2) is 12.1 Å². The van der Waals surface area contributed by atoms with Crippen molar-refractivity contribution in [1.29, 1.82) is 0 Å². The van der Waals surface area contributed by atoms with Gasteiger partial charge in [-0.25, -0.2) is 13.2 Å². The van der Waals surface area contributed by atoms with Gasteiger partial charge in [0.05, 0.1) is 25.1 Å². The summed E-state index contributed by atoms with van der Waals surface area (Å²) in [7, 11) is 1.42. The zero-order chi connectivity index (χ0) is 13.5. The van der Waals surface area contributed by atoms with Gasteiger partial charge in [0.15, 0.2) is 0 Å². The molecule has 1 aromatic rings. The van der Waals surface area contributed by atoms with E-state index in [2.05, 4.69) is 10.1 Å². The van der Waals surface area contributed by atoms with Gasteiger partial charge in [-0.3, -0.25) is 0 Å². The molecule has 0 heterocycles. The molecule has 0 saturated heterocycles. The van der Waals surface area contributed by atoms with E-state index in [-0.39, 0.29) is 24.5 Å². The second-order valence-corrected chi connectivity index (χ2v) is 3.47. The minimum atomic E-state index is -2.50. The summed E-state index contributed by atoms with van der Waals surface area (Å²) in [6, 6.07) is 2.53. The van der Waals surface area contributed by atoms with Crippen LogP contribution in [0.25, 0.3) is 0 Å². The van der Waals surface area contributed by atoms with E-state index < -0.39 is 18.8 Å². The molecule has 0 aliphatic carbocycles. The van der Waals surface area contributed by atoms with Crippen LogP contribution in [0.1, 0.15) is 0 Å². The Hall–Kier alpha value is -1.63. The molecule has 18 heavy (non-hydrogen) atoms. The van der Waals surface area contributed by atoms with Gasteiger partial charge in [0.25, 0.3) is 6.43 Å². The normalized spacial score (nSPS) is 10.7. The van der Waals surface area contributed by atoms with Crippen molar-refractivity contribution < 1.29 is 22.6 Å². The van der Waals surface area contributed by atoms with E-state index >= 15 is 0 Å². The molecule has 1 aromatic carbocycles. The highest BCUT2D eigenvalue weighted by Gasteiger charge is 2.08. The summed E-state index contributed by atoms with van der Waals surface area (Å²) in [5.41, 5.74) is 5.88. The van der Waals surface area contributed by atoms with Gasteiger partial charge in [-0.1, -0.05) is 0 Å². The Kier molecular flexibility index (Phi) is 5.57.